The molecule has 2 atom stereocenters. The smallest absolute Gasteiger partial charge is 0.256 e. The van der Waals surface area contributed by atoms with Crippen LogP contribution in [0, 0.1) is 5.92 Å². The van der Waals surface area contributed by atoms with Gasteiger partial charge in [-0.05, 0) is 72.9 Å². The molecule has 27 heavy (non-hydrogen) atoms. The van der Waals surface area contributed by atoms with Crippen molar-refractivity contribution in [3.8, 4) is 0 Å². The van der Waals surface area contributed by atoms with Crippen LogP contribution in [0.1, 0.15) is 51.6 Å². The maximum Gasteiger partial charge on any atom is 0.256 e. The van der Waals surface area contributed by atoms with E-state index in [9.17, 15) is 9.59 Å². The van der Waals surface area contributed by atoms with Gasteiger partial charge >= 0.3 is 0 Å². The van der Waals surface area contributed by atoms with Gasteiger partial charge in [-0.25, -0.2) is 0 Å². The molecule has 2 amide bonds. The standard InChI is InChI=1S/C21H25N3O2S/c1-13-7-9-22-12-18(13)23-20(26)17-8-10-27-21(17)24-19(25)16-6-5-14-3-2-4-15(14)11-16/h5-6,8,10-11,13,18,22H,2-4,7,9,12H2,1H3,(H,23,26)(H,24,25). The molecule has 2 heterocycles. The van der Waals surface area contributed by atoms with Gasteiger partial charge in [0.05, 0.1) is 5.56 Å². The van der Waals surface area contributed by atoms with Crippen molar-refractivity contribution in [3.05, 3.63) is 51.9 Å². The van der Waals surface area contributed by atoms with Crippen LogP contribution in [0.25, 0.3) is 0 Å². The number of hydrogen-bond acceptors (Lipinski definition) is 4. The third-order valence-corrected chi connectivity index (χ3v) is 6.47. The maximum absolute atomic E-state index is 12.7. The first-order valence-corrected chi connectivity index (χ1v) is 10.5. The Balaban J connectivity index is 1.45. The van der Waals surface area contributed by atoms with Crippen LogP contribution in [0.2, 0.25) is 0 Å². The summed E-state index contributed by atoms with van der Waals surface area (Å²) in [6.07, 6.45) is 4.35. The minimum Gasteiger partial charge on any atom is -0.348 e. The number of benzene rings is 1. The molecule has 3 N–H and O–H groups in total. The van der Waals surface area contributed by atoms with E-state index in [1.54, 1.807) is 6.07 Å². The van der Waals surface area contributed by atoms with Gasteiger partial charge in [-0.3, -0.25) is 9.59 Å². The lowest BCUT2D eigenvalue weighted by Crippen LogP contribution is -2.50. The summed E-state index contributed by atoms with van der Waals surface area (Å²) in [4.78, 5) is 25.4. The number of anilines is 1. The summed E-state index contributed by atoms with van der Waals surface area (Å²) in [7, 11) is 0. The van der Waals surface area contributed by atoms with E-state index in [4.69, 9.17) is 0 Å². The molecule has 5 nitrogen and oxygen atoms in total. The second-order valence-electron chi connectivity index (χ2n) is 7.50. The number of piperidine rings is 1. The number of aryl methyl sites for hydroxylation is 2. The lowest BCUT2D eigenvalue weighted by atomic mass is 9.94. The molecule has 1 saturated heterocycles. The molecule has 1 aromatic carbocycles. The fourth-order valence-corrected chi connectivity index (χ4v) is 4.68. The number of amides is 2. The van der Waals surface area contributed by atoms with E-state index in [1.807, 2.05) is 17.5 Å². The van der Waals surface area contributed by atoms with Gasteiger partial charge < -0.3 is 16.0 Å². The molecular formula is C21H25N3O2S. The Morgan fingerprint density at radius 3 is 2.85 bits per heavy atom. The highest BCUT2D eigenvalue weighted by atomic mass is 32.1. The molecule has 2 unspecified atom stereocenters. The zero-order valence-corrected chi connectivity index (χ0v) is 16.3. The minimum absolute atomic E-state index is 0.117. The fraction of sp³-hybridized carbons (Fsp3) is 0.429. The van der Waals surface area contributed by atoms with Crippen LogP contribution in [0.15, 0.2) is 29.6 Å². The average Bonchev–Trinajstić information content (AvgIpc) is 3.32. The Bertz CT molecular complexity index is 861. The molecule has 1 fully saturated rings. The Labute approximate surface area is 163 Å². The maximum atomic E-state index is 12.7. The zero-order chi connectivity index (χ0) is 18.8. The predicted molar refractivity (Wildman–Crippen MR) is 109 cm³/mol. The van der Waals surface area contributed by atoms with Crippen molar-refractivity contribution in [3.63, 3.8) is 0 Å². The first-order valence-electron chi connectivity index (χ1n) is 9.64. The number of carbonyl (C=O) groups excluding carboxylic acids is 2. The van der Waals surface area contributed by atoms with Gasteiger partial charge in [-0.15, -0.1) is 11.3 Å². The van der Waals surface area contributed by atoms with Crippen molar-refractivity contribution < 1.29 is 9.59 Å². The normalized spacial score (nSPS) is 21.5. The van der Waals surface area contributed by atoms with E-state index in [-0.39, 0.29) is 17.9 Å². The van der Waals surface area contributed by atoms with Gasteiger partial charge in [0.1, 0.15) is 5.00 Å². The number of rotatable bonds is 4. The van der Waals surface area contributed by atoms with Gasteiger partial charge in [0, 0.05) is 18.2 Å². The van der Waals surface area contributed by atoms with Gasteiger partial charge in [0.2, 0.25) is 0 Å². The van der Waals surface area contributed by atoms with Crippen molar-refractivity contribution in [1.29, 1.82) is 0 Å². The highest BCUT2D eigenvalue weighted by molar-refractivity contribution is 7.14. The van der Waals surface area contributed by atoms with Gasteiger partial charge in [-0.2, -0.15) is 0 Å². The summed E-state index contributed by atoms with van der Waals surface area (Å²) in [5.41, 5.74) is 3.80. The Morgan fingerprint density at radius 1 is 1.15 bits per heavy atom. The van der Waals surface area contributed by atoms with E-state index in [0.717, 1.165) is 38.8 Å². The van der Waals surface area contributed by atoms with E-state index in [1.165, 1.54) is 22.5 Å². The molecule has 0 bridgehead atoms. The topological polar surface area (TPSA) is 70.2 Å². The molecule has 0 spiro atoms. The van der Waals surface area contributed by atoms with Gasteiger partial charge in [0.15, 0.2) is 0 Å². The molecule has 1 aromatic heterocycles. The van der Waals surface area contributed by atoms with Crippen molar-refractivity contribution in [2.24, 2.45) is 5.92 Å². The zero-order valence-electron chi connectivity index (χ0n) is 15.5. The van der Waals surface area contributed by atoms with Crippen molar-refractivity contribution in [1.82, 2.24) is 10.6 Å². The number of carbonyl (C=O) groups is 2. The molecule has 1 aliphatic carbocycles. The summed E-state index contributed by atoms with van der Waals surface area (Å²) >= 11 is 1.38. The number of fused-ring (bicyclic) bond motifs is 1. The number of thiophene rings is 1. The van der Waals surface area contributed by atoms with Crippen molar-refractivity contribution in [2.45, 2.75) is 38.6 Å². The minimum atomic E-state index is -0.158. The predicted octanol–water partition coefficient (Wildman–Crippen LogP) is 3.22. The molecule has 0 saturated carbocycles. The molecule has 142 valence electrons. The van der Waals surface area contributed by atoms with E-state index >= 15 is 0 Å². The van der Waals surface area contributed by atoms with Crippen LogP contribution in [0.3, 0.4) is 0 Å². The Kier molecular flexibility index (Phi) is 5.27. The monoisotopic (exact) mass is 383 g/mol. The van der Waals surface area contributed by atoms with Crippen LogP contribution < -0.4 is 16.0 Å². The van der Waals surface area contributed by atoms with Crippen LogP contribution in [0.4, 0.5) is 5.00 Å². The van der Waals surface area contributed by atoms with Crippen LogP contribution in [0.5, 0.6) is 0 Å². The Morgan fingerprint density at radius 2 is 2.00 bits per heavy atom. The summed E-state index contributed by atoms with van der Waals surface area (Å²) in [6.45, 7) is 3.94. The lowest BCUT2D eigenvalue weighted by Gasteiger charge is -2.30. The van der Waals surface area contributed by atoms with Gasteiger partial charge in [0.25, 0.3) is 11.8 Å². The summed E-state index contributed by atoms with van der Waals surface area (Å²) < 4.78 is 0. The first kappa shape index (κ1) is 18.2. The van der Waals surface area contributed by atoms with Gasteiger partial charge in [-0.1, -0.05) is 13.0 Å². The third-order valence-electron chi connectivity index (χ3n) is 5.64. The molecule has 2 aliphatic rings. The van der Waals surface area contributed by atoms with Crippen LogP contribution in [-0.2, 0) is 12.8 Å². The largest absolute Gasteiger partial charge is 0.348 e. The van der Waals surface area contributed by atoms with E-state index in [2.05, 4.69) is 28.9 Å². The lowest BCUT2D eigenvalue weighted by molar-refractivity contribution is 0.0916. The summed E-state index contributed by atoms with van der Waals surface area (Å²) in [5, 5.41) is 11.8. The number of nitrogens with one attached hydrogen (secondary N) is 3. The summed E-state index contributed by atoms with van der Waals surface area (Å²) in [6, 6.07) is 7.81. The highest BCUT2D eigenvalue weighted by Gasteiger charge is 2.25. The molecule has 2 aromatic rings. The molecule has 1 aliphatic heterocycles. The van der Waals surface area contributed by atoms with E-state index in [0.29, 0.717) is 22.0 Å². The molecular weight excluding hydrogens is 358 g/mol. The second-order valence-corrected chi connectivity index (χ2v) is 8.42. The van der Waals surface area contributed by atoms with Crippen molar-refractivity contribution in [2.75, 3.05) is 18.4 Å². The Hall–Kier alpha value is -2.18. The average molecular weight is 384 g/mol. The summed E-state index contributed by atoms with van der Waals surface area (Å²) in [5.74, 6) is 0.160. The quantitative estimate of drug-likeness (QED) is 0.759. The van der Waals surface area contributed by atoms with Crippen molar-refractivity contribution >= 4 is 28.2 Å². The first-order chi connectivity index (χ1) is 13.1. The van der Waals surface area contributed by atoms with Crippen LogP contribution in [-0.4, -0.2) is 30.9 Å². The van der Waals surface area contributed by atoms with E-state index < -0.39 is 0 Å². The molecule has 4 rings (SSSR count). The molecule has 0 radical (unpaired) electrons. The SMILES string of the molecule is CC1CCNCC1NC(=O)c1ccsc1NC(=O)c1ccc2c(c1)CCC2. The fourth-order valence-electron chi connectivity index (χ4n) is 3.90. The third kappa shape index (κ3) is 3.92. The number of hydrogen-bond donors (Lipinski definition) is 3. The second kappa shape index (κ2) is 7.82. The highest BCUT2D eigenvalue weighted by Crippen LogP contribution is 2.26. The van der Waals surface area contributed by atoms with Crippen LogP contribution >= 0.6 is 11.3 Å². The molecule has 6 heteroatoms.